The summed E-state index contributed by atoms with van der Waals surface area (Å²) in [5, 5.41) is 17.0. The number of thiophene rings is 1. The molecule has 0 bridgehead atoms. The number of aryl methyl sites for hydroxylation is 3. The highest BCUT2D eigenvalue weighted by atomic mass is 32.1. The van der Waals surface area contributed by atoms with Crippen molar-refractivity contribution in [1.29, 1.82) is 0 Å². The maximum Gasteiger partial charge on any atom is 0.311 e. The second-order valence-electron chi connectivity index (χ2n) is 7.26. The lowest BCUT2D eigenvalue weighted by Crippen LogP contribution is -2.16. The van der Waals surface area contributed by atoms with Crippen LogP contribution in [0.15, 0.2) is 12.4 Å². The Morgan fingerprint density at radius 2 is 2.15 bits per heavy atom. The molecule has 1 aliphatic carbocycles. The van der Waals surface area contributed by atoms with Crippen LogP contribution in [0.4, 0.5) is 0 Å². The second-order valence-corrected chi connectivity index (χ2v) is 8.36. The smallest absolute Gasteiger partial charge is 0.311 e. The van der Waals surface area contributed by atoms with E-state index in [1.165, 1.54) is 23.3 Å². The molecule has 1 atom stereocenters. The molecule has 0 saturated heterocycles. The monoisotopic (exact) mass is 383 g/mol. The highest BCUT2D eigenvalue weighted by molar-refractivity contribution is 7.19. The van der Waals surface area contributed by atoms with Crippen molar-refractivity contribution in [2.45, 2.75) is 64.7 Å². The summed E-state index contributed by atoms with van der Waals surface area (Å²) >= 11 is 1.81. The molecule has 4 rings (SSSR count). The molecule has 142 valence electrons. The average molecular weight is 384 g/mol. The fourth-order valence-electron chi connectivity index (χ4n) is 4.30. The summed E-state index contributed by atoms with van der Waals surface area (Å²) in [7, 11) is 0. The molecule has 3 aromatic rings. The number of aromatic nitrogens is 3. The summed E-state index contributed by atoms with van der Waals surface area (Å²) in [5.74, 6) is -1.30. The number of aliphatic carboxylic acids is 1. The van der Waals surface area contributed by atoms with E-state index in [1.54, 1.807) is 6.20 Å². The van der Waals surface area contributed by atoms with Crippen molar-refractivity contribution in [3.05, 3.63) is 34.1 Å². The number of carbonyl (C=O) groups is 1. The van der Waals surface area contributed by atoms with Crippen molar-refractivity contribution < 1.29 is 9.90 Å². The van der Waals surface area contributed by atoms with E-state index in [9.17, 15) is 9.90 Å². The fourth-order valence-corrected chi connectivity index (χ4v) is 5.71. The molecule has 3 aromatic heterocycles. The molecule has 5 nitrogen and oxygen atoms in total. The number of carboxylic acids is 1. The first-order valence-electron chi connectivity index (χ1n) is 9.84. The molecular weight excluding hydrogens is 358 g/mol. The topological polar surface area (TPSA) is 78.9 Å². The number of hydrogen-bond donors (Lipinski definition) is 2. The van der Waals surface area contributed by atoms with Crippen LogP contribution in [0, 0.1) is 0 Å². The van der Waals surface area contributed by atoms with E-state index in [1.807, 2.05) is 24.5 Å². The first-order valence-corrected chi connectivity index (χ1v) is 10.7. The minimum absolute atomic E-state index is 0.536. The maximum atomic E-state index is 12.2. The van der Waals surface area contributed by atoms with Crippen LogP contribution in [0.3, 0.4) is 0 Å². The standard InChI is InChI=1S/C21H25N3O2S/c1-3-7-14(21(25)26)18-15(4-2)24-19-13-8-5-6-9-16(13)27-20(19)17(18)12-10-22-23-11-12/h10-11,14H,3-9H2,1-2H3,(H,22,23)(H,25,26). The molecule has 0 aliphatic heterocycles. The number of pyridine rings is 1. The molecule has 6 heteroatoms. The van der Waals surface area contributed by atoms with Crippen LogP contribution in [0.5, 0.6) is 0 Å². The van der Waals surface area contributed by atoms with Crippen LogP contribution >= 0.6 is 11.3 Å². The van der Waals surface area contributed by atoms with Crippen molar-refractivity contribution in [3.63, 3.8) is 0 Å². The van der Waals surface area contributed by atoms with E-state index in [2.05, 4.69) is 17.1 Å². The van der Waals surface area contributed by atoms with Gasteiger partial charge < -0.3 is 5.11 Å². The number of hydrogen-bond acceptors (Lipinski definition) is 4. The van der Waals surface area contributed by atoms with Crippen LogP contribution in [-0.2, 0) is 24.1 Å². The zero-order valence-corrected chi connectivity index (χ0v) is 16.7. The lowest BCUT2D eigenvalue weighted by atomic mass is 9.86. The summed E-state index contributed by atoms with van der Waals surface area (Å²) < 4.78 is 1.14. The molecular formula is C21H25N3O2S. The van der Waals surface area contributed by atoms with Gasteiger partial charge in [-0.2, -0.15) is 5.10 Å². The Bertz CT molecular complexity index is 975. The Labute approximate surface area is 162 Å². The second kappa shape index (κ2) is 7.43. The first-order chi connectivity index (χ1) is 13.2. The third-order valence-electron chi connectivity index (χ3n) is 5.54. The van der Waals surface area contributed by atoms with Crippen LogP contribution in [0.25, 0.3) is 21.3 Å². The zero-order chi connectivity index (χ0) is 19.0. The summed E-state index contributed by atoms with van der Waals surface area (Å²) in [4.78, 5) is 18.6. The fraction of sp³-hybridized carbons (Fsp3) is 0.476. The third kappa shape index (κ3) is 3.06. The van der Waals surface area contributed by atoms with E-state index in [0.29, 0.717) is 6.42 Å². The van der Waals surface area contributed by atoms with Crippen molar-refractivity contribution in [2.24, 2.45) is 0 Å². The molecule has 0 aromatic carbocycles. The maximum absolute atomic E-state index is 12.2. The Hall–Kier alpha value is -2.21. The Balaban J connectivity index is 2.09. The number of rotatable bonds is 6. The van der Waals surface area contributed by atoms with Gasteiger partial charge in [0.15, 0.2) is 0 Å². The normalized spacial score (nSPS) is 15.0. The van der Waals surface area contributed by atoms with Gasteiger partial charge in [-0.25, -0.2) is 0 Å². The minimum Gasteiger partial charge on any atom is -0.481 e. The summed E-state index contributed by atoms with van der Waals surface area (Å²) in [6.07, 6.45) is 10.5. The SMILES string of the molecule is CCCC(C(=O)O)c1c(CC)nc2c3c(sc2c1-c1cn[nH]c1)CCCC3. The zero-order valence-electron chi connectivity index (χ0n) is 15.8. The molecule has 27 heavy (non-hydrogen) atoms. The van der Waals surface area contributed by atoms with Gasteiger partial charge in [0.2, 0.25) is 0 Å². The predicted molar refractivity (Wildman–Crippen MR) is 109 cm³/mol. The molecule has 0 fully saturated rings. The largest absolute Gasteiger partial charge is 0.481 e. The first kappa shape index (κ1) is 18.2. The lowest BCUT2D eigenvalue weighted by molar-refractivity contribution is -0.139. The van der Waals surface area contributed by atoms with Gasteiger partial charge in [0.05, 0.1) is 22.3 Å². The number of nitrogens with one attached hydrogen (secondary N) is 1. The lowest BCUT2D eigenvalue weighted by Gasteiger charge is -2.20. The molecule has 1 unspecified atom stereocenters. The number of H-pyrrole nitrogens is 1. The minimum atomic E-state index is -0.765. The van der Waals surface area contributed by atoms with Crippen molar-refractivity contribution in [1.82, 2.24) is 15.2 Å². The van der Waals surface area contributed by atoms with Gasteiger partial charge in [0.1, 0.15) is 0 Å². The summed E-state index contributed by atoms with van der Waals surface area (Å²) in [6.45, 7) is 4.11. The van der Waals surface area contributed by atoms with Crippen LogP contribution in [0.2, 0.25) is 0 Å². The average Bonchev–Trinajstić information content (AvgIpc) is 3.32. The van der Waals surface area contributed by atoms with Gasteiger partial charge in [-0.05, 0) is 49.7 Å². The van der Waals surface area contributed by atoms with E-state index in [0.717, 1.165) is 58.3 Å². The van der Waals surface area contributed by atoms with Crippen molar-refractivity contribution >= 4 is 27.5 Å². The van der Waals surface area contributed by atoms with Crippen LogP contribution in [0.1, 0.15) is 67.1 Å². The molecule has 0 spiro atoms. The van der Waals surface area contributed by atoms with Gasteiger partial charge in [-0.15, -0.1) is 11.3 Å². The van der Waals surface area contributed by atoms with Gasteiger partial charge in [0.25, 0.3) is 0 Å². The van der Waals surface area contributed by atoms with Crippen molar-refractivity contribution in [3.8, 4) is 11.1 Å². The molecule has 0 radical (unpaired) electrons. The quantitative estimate of drug-likeness (QED) is 0.621. The molecule has 0 amide bonds. The van der Waals surface area contributed by atoms with Crippen molar-refractivity contribution in [2.75, 3.05) is 0 Å². The van der Waals surface area contributed by atoms with E-state index >= 15 is 0 Å². The summed E-state index contributed by atoms with van der Waals surface area (Å²) in [6, 6.07) is 0. The van der Waals surface area contributed by atoms with Gasteiger partial charge in [-0.1, -0.05) is 20.3 Å². The summed E-state index contributed by atoms with van der Waals surface area (Å²) in [5.41, 5.74) is 6.28. The third-order valence-corrected chi connectivity index (χ3v) is 6.84. The molecule has 0 saturated carbocycles. The number of nitrogens with zero attached hydrogens (tertiary/aromatic N) is 2. The number of fused-ring (bicyclic) bond motifs is 3. The highest BCUT2D eigenvalue weighted by Gasteiger charge is 2.30. The Morgan fingerprint density at radius 3 is 2.81 bits per heavy atom. The van der Waals surface area contributed by atoms with Gasteiger partial charge >= 0.3 is 5.97 Å². The molecule has 1 aliphatic rings. The molecule has 3 heterocycles. The van der Waals surface area contributed by atoms with E-state index in [-0.39, 0.29) is 0 Å². The predicted octanol–water partition coefficient (Wildman–Crippen LogP) is 5.10. The van der Waals surface area contributed by atoms with E-state index in [4.69, 9.17) is 4.98 Å². The Kier molecular flexibility index (Phi) is 5.00. The highest BCUT2D eigenvalue weighted by Crippen LogP contribution is 2.45. The van der Waals surface area contributed by atoms with Crippen LogP contribution < -0.4 is 0 Å². The van der Waals surface area contributed by atoms with E-state index < -0.39 is 11.9 Å². The number of carboxylic acid groups (broad SMARTS) is 1. The Morgan fingerprint density at radius 1 is 1.33 bits per heavy atom. The van der Waals surface area contributed by atoms with Gasteiger partial charge in [0, 0.05) is 27.9 Å². The number of aromatic amines is 1. The van der Waals surface area contributed by atoms with Gasteiger partial charge in [-0.3, -0.25) is 14.9 Å². The molecule has 2 N–H and O–H groups in total. The van der Waals surface area contributed by atoms with Crippen LogP contribution in [-0.4, -0.2) is 26.3 Å².